The Morgan fingerprint density at radius 3 is 3.06 bits per heavy atom. The summed E-state index contributed by atoms with van der Waals surface area (Å²) in [7, 11) is 0. The molecule has 1 fully saturated rings. The first kappa shape index (κ1) is 12.9. The molecule has 2 rings (SSSR count). The van der Waals surface area contributed by atoms with E-state index >= 15 is 0 Å². The van der Waals surface area contributed by atoms with Gasteiger partial charge in [0.15, 0.2) is 0 Å². The highest BCUT2D eigenvalue weighted by Crippen LogP contribution is 2.25. The number of nitrogens with zero attached hydrogens (tertiary/aromatic N) is 1. The average molecular weight is 299 g/mol. The van der Waals surface area contributed by atoms with Crippen molar-refractivity contribution in [3.63, 3.8) is 0 Å². The SMILES string of the molecule is CCC1COCCN1Cc1c(N)cccc1Br. The fourth-order valence-electron chi connectivity index (χ4n) is 2.22. The van der Waals surface area contributed by atoms with Crippen LogP contribution in [0.1, 0.15) is 18.9 Å². The Bertz CT molecular complexity index is 363. The first-order valence-corrected chi connectivity index (χ1v) is 6.86. The molecule has 1 unspecified atom stereocenters. The van der Waals surface area contributed by atoms with Gasteiger partial charge in [0, 0.05) is 34.9 Å². The summed E-state index contributed by atoms with van der Waals surface area (Å²) in [5.41, 5.74) is 8.09. The van der Waals surface area contributed by atoms with Gasteiger partial charge in [0.2, 0.25) is 0 Å². The smallest absolute Gasteiger partial charge is 0.0622 e. The van der Waals surface area contributed by atoms with Crippen molar-refractivity contribution >= 4 is 21.6 Å². The molecule has 4 heteroatoms. The molecule has 17 heavy (non-hydrogen) atoms. The molecule has 0 aliphatic carbocycles. The molecule has 1 heterocycles. The summed E-state index contributed by atoms with van der Waals surface area (Å²) in [5.74, 6) is 0. The number of rotatable bonds is 3. The van der Waals surface area contributed by atoms with E-state index in [1.807, 2.05) is 18.2 Å². The van der Waals surface area contributed by atoms with Crippen molar-refractivity contribution in [3.8, 4) is 0 Å². The largest absolute Gasteiger partial charge is 0.398 e. The van der Waals surface area contributed by atoms with Gasteiger partial charge in [-0.05, 0) is 18.6 Å². The van der Waals surface area contributed by atoms with E-state index in [4.69, 9.17) is 10.5 Å². The number of halogens is 1. The van der Waals surface area contributed by atoms with Crippen LogP contribution in [0.15, 0.2) is 22.7 Å². The van der Waals surface area contributed by atoms with Gasteiger partial charge in [0.25, 0.3) is 0 Å². The maximum atomic E-state index is 6.04. The lowest BCUT2D eigenvalue weighted by Crippen LogP contribution is -2.44. The van der Waals surface area contributed by atoms with Gasteiger partial charge < -0.3 is 10.5 Å². The second kappa shape index (κ2) is 5.85. The lowest BCUT2D eigenvalue weighted by atomic mass is 10.1. The number of hydrogen-bond donors (Lipinski definition) is 1. The number of nitrogens with two attached hydrogens (primary N) is 1. The van der Waals surface area contributed by atoms with Crippen molar-refractivity contribution in [2.45, 2.75) is 25.9 Å². The van der Waals surface area contributed by atoms with Crippen LogP contribution in [0.2, 0.25) is 0 Å². The molecule has 0 bridgehead atoms. The molecule has 94 valence electrons. The van der Waals surface area contributed by atoms with Gasteiger partial charge >= 0.3 is 0 Å². The zero-order valence-corrected chi connectivity index (χ0v) is 11.7. The second-order valence-corrected chi connectivity index (χ2v) is 5.27. The summed E-state index contributed by atoms with van der Waals surface area (Å²) >= 11 is 3.58. The van der Waals surface area contributed by atoms with E-state index in [-0.39, 0.29) is 0 Å². The highest BCUT2D eigenvalue weighted by atomic mass is 79.9. The van der Waals surface area contributed by atoms with E-state index in [0.717, 1.165) is 42.9 Å². The monoisotopic (exact) mass is 298 g/mol. The molecule has 1 aromatic rings. The van der Waals surface area contributed by atoms with E-state index in [9.17, 15) is 0 Å². The number of nitrogen functional groups attached to an aromatic ring is 1. The summed E-state index contributed by atoms with van der Waals surface area (Å²) in [4.78, 5) is 2.46. The number of hydrogen-bond acceptors (Lipinski definition) is 3. The summed E-state index contributed by atoms with van der Waals surface area (Å²) in [6.07, 6.45) is 1.12. The van der Waals surface area contributed by atoms with Gasteiger partial charge in [-0.3, -0.25) is 4.90 Å². The van der Waals surface area contributed by atoms with Gasteiger partial charge in [-0.25, -0.2) is 0 Å². The molecule has 0 spiro atoms. The van der Waals surface area contributed by atoms with E-state index in [0.29, 0.717) is 6.04 Å². The van der Waals surface area contributed by atoms with Crippen LogP contribution in [0.3, 0.4) is 0 Å². The highest BCUT2D eigenvalue weighted by Gasteiger charge is 2.22. The molecule has 2 N–H and O–H groups in total. The van der Waals surface area contributed by atoms with E-state index in [1.54, 1.807) is 0 Å². The molecule has 0 radical (unpaired) electrons. The lowest BCUT2D eigenvalue weighted by Gasteiger charge is -2.35. The Balaban J connectivity index is 2.13. The van der Waals surface area contributed by atoms with Crippen LogP contribution in [0, 0.1) is 0 Å². The van der Waals surface area contributed by atoms with Crippen LogP contribution >= 0.6 is 15.9 Å². The minimum atomic E-state index is 0.509. The molecular weight excluding hydrogens is 280 g/mol. The fraction of sp³-hybridized carbons (Fsp3) is 0.538. The number of ether oxygens (including phenoxy) is 1. The molecular formula is C13H19BrN2O. The maximum absolute atomic E-state index is 6.04. The normalized spacial score (nSPS) is 21.6. The third-order valence-electron chi connectivity index (χ3n) is 3.34. The maximum Gasteiger partial charge on any atom is 0.0622 e. The van der Waals surface area contributed by atoms with E-state index in [2.05, 4.69) is 27.8 Å². The molecule has 1 aromatic carbocycles. The van der Waals surface area contributed by atoms with Crippen LogP contribution in [-0.2, 0) is 11.3 Å². The molecule has 1 aliphatic rings. The van der Waals surface area contributed by atoms with Crippen LogP contribution in [-0.4, -0.2) is 30.7 Å². The van der Waals surface area contributed by atoms with E-state index < -0.39 is 0 Å². The van der Waals surface area contributed by atoms with Gasteiger partial charge in [0.1, 0.15) is 0 Å². The fourth-order valence-corrected chi connectivity index (χ4v) is 2.73. The standard InChI is InChI=1S/C13H19BrN2O/c1-2-10-9-17-7-6-16(10)8-11-12(14)4-3-5-13(11)15/h3-5,10H,2,6-9,15H2,1H3. The van der Waals surface area contributed by atoms with Crippen LogP contribution in [0.4, 0.5) is 5.69 Å². The number of anilines is 1. The summed E-state index contributed by atoms with van der Waals surface area (Å²) in [6, 6.07) is 6.49. The summed E-state index contributed by atoms with van der Waals surface area (Å²) < 4.78 is 6.61. The molecule has 0 aromatic heterocycles. The third kappa shape index (κ3) is 3.00. The van der Waals surface area contributed by atoms with Crippen molar-refractivity contribution in [1.82, 2.24) is 4.90 Å². The van der Waals surface area contributed by atoms with Crippen molar-refractivity contribution in [2.75, 3.05) is 25.5 Å². The van der Waals surface area contributed by atoms with Gasteiger partial charge in [-0.15, -0.1) is 0 Å². The first-order chi connectivity index (χ1) is 8.22. The highest BCUT2D eigenvalue weighted by molar-refractivity contribution is 9.10. The number of benzene rings is 1. The second-order valence-electron chi connectivity index (χ2n) is 4.42. The summed E-state index contributed by atoms with van der Waals surface area (Å²) in [5, 5.41) is 0. The van der Waals surface area contributed by atoms with Crippen molar-refractivity contribution < 1.29 is 4.74 Å². The molecule has 1 atom stereocenters. The van der Waals surface area contributed by atoms with Gasteiger partial charge in [-0.1, -0.05) is 28.9 Å². The Kier molecular flexibility index (Phi) is 4.42. The van der Waals surface area contributed by atoms with Crippen molar-refractivity contribution in [3.05, 3.63) is 28.2 Å². The predicted octanol–water partition coefficient (Wildman–Crippen LogP) is 2.64. The van der Waals surface area contributed by atoms with Gasteiger partial charge in [0.05, 0.1) is 13.2 Å². The Hall–Kier alpha value is -0.580. The topological polar surface area (TPSA) is 38.5 Å². The Labute approximate surface area is 111 Å². The molecule has 0 saturated carbocycles. The van der Waals surface area contributed by atoms with Crippen molar-refractivity contribution in [2.24, 2.45) is 0 Å². The van der Waals surface area contributed by atoms with Gasteiger partial charge in [-0.2, -0.15) is 0 Å². The zero-order valence-electron chi connectivity index (χ0n) is 10.2. The summed E-state index contributed by atoms with van der Waals surface area (Å²) in [6.45, 7) is 5.74. The molecule has 1 saturated heterocycles. The molecule has 1 aliphatic heterocycles. The molecule has 0 amide bonds. The average Bonchev–Trinajstić information content (AvgIpc) is 2.34. The Morgan fingerprint density at radius 1 is 1.53 bits per heavy atom. The lowest BCUT2D eigenvalue weighted by molar-refractivity contribution is -0.0127. The predicted molar refractivity (Wildman–Crippen MR) is 73.9 cm³/mol. The van der Waals surface area contributed by atoms with E-state index in [1.165, 1.54) is 5.56 Å². The number of morpholine rings is 1. The zero-order chi connectivity index (χ0) is 12.3. The quantitative estimate of drug-likeness (QED) is 0.872. The molecule has 3 nitrogen and oxygen atoms in total. The first-order valence-electron chi connectivity index (χ1n) is 6.07. The van der Waals surface area contributed by atoms with Crippen LogP contribution in [0.5, 0.6) is 0 Å². The van der Waals surface area contributed by atoms with Crippen molar-refractivity contribution in [1.29, 1.82) is 0 Å². The van der Waals surface area contributed by atoms with Crippen LogP contribution in [0.25, 0.3) is 0 Å². The Morgan fingerprint density at radius 2 is 2.35 bits per heavy atom. The minimum Gasteiger partial charge on any atom is -0.398 e. The minimum absolute atomic E-state index is 0.509. The van der Waals surface area contributed by atoms with Crippen LogP contribution < -0.4 is 5.73 Å². The third-order valence-corrected chi connectivity index (χ3v) is 4.08.